The molecule has 1 fully saturated rings. The predicted molar refractivity (Wildman–Crippen MR) is 26.7 cm³/mol. The SMILES string of the molecule is O=C1CC[C]CC1. The molecule has 0 bridgehead atoms. The molecule has 0 atom stereocenters. The Kier molecular flexibility index (Phi) is 1.45. The van der Waals surface area contributed by atoms with Crippen LogP contribution in [-0.2, 0) is 4.79 Å². The van der Waals surface area contributed by atoms with Crippen LogP contribution in [0.4, 0.5) is 0 Å². The quantitative estimate of drug-likeness (QED) is 0.443. The van der Waals surface area contributed by atoms with Gasteiger partial charge in [-0.1, -0.05) is 0 Å². The van der Waals surface area contributed by atoms with Gasteiger partial charge in [-0.05, 0) is 19.3 Å². The van der Waals surface area contributed by atoms with Crippen LogP contribution in [0.1, 0.15) is 25.7 Å². The molecule has 7 heavy (non-hydrogen) atoms. The van der Waals surface area contributed by atoms with Crippen molar-refractivity contribution in [1.29, 1.82) is 0 Å². The number of carbonyl (C=O) groups excluding carboxylic acids is 1. The third kappa shape index (κ3) is 1.30. The highest BCUT2D eigenvalue weighted by Crippen LogP contribution is 2.11. The highest BCUT2D eigenvalue weighted by Gasteiger charge is 2.06. The minimum Gasteiger partial charge on any atom is -0.300 e. The molecule has 0 spiro atoms. The normalized spacial score (nSPS) is 22.6. The van der Waals surface area contributed by atoms with E-state index in [1.165, 1.54) is 0 Å². The molecule has 0 aliphatic heterocycles. The lowest BCUT2D eigenvalue weighted by Gasteiger charge is -2.04. The molecule has 2 radical (unpaired) electrons. The Labute approximate surface area is 43.7 Å². The van der Waals surface area contributed by atoms with E-state index in [1.807, 2.05) is 0 Å². The largest absolute Gasteiger partial charge is 0.300 e. The first kappa shape index (κ1) is 4.82. The maximum atomic E-state index is 10.4. The highest BCUT2D eigenvalue weighted by molar-refractivity contribution is 5.79. The second kappa shape index (κ2) is 2.10. The van der Waals surface area contributed by atoms with Gasteiger partial charge in [-0.15, -0.1) is 0 Å². The van der Waals surface area contributed by atoms with Crippen LogP contribution in [0.25, 0.3) is 0 Å². The molecule has 1 rings (SSSR count). The molecule has 0 aromatic heterocycles. The molecule has 1 heteroatoms. The first-order valence-electron chi connectivity index (χ1n) is 2.62. The fourth-order valence-electron chi connectivity index (χ4n) is 0.706. The monoisotopic (exact) mass is 96.1 g/mol. The predicted octanol–water partition coefficient (Wildman–Crippen LogP) is 1.21. The van der Waals surface area contributed by atoms with Crippen molar-refractivity contribution in [2.24, 2.45) is 0 Å². The Morgan fingerprint density at radius 2 is 1.86 bits per heavy atom. The minimum absolute atomic E-state index is 0.402. The summed E-state index contributed by atoms with van der Waals surface area (Å²) in [6, 6.07) is 0. The summed E-state index contributed by atoms with van der Waals surface area (Å²) >= 11 is 0. The first-order valence-corrected chi connectivity index (χ1v) is 2.62. The molecular formula is C6H8O. The van der Waals surface area contributed by atoms with Crippen LogP contribution in [0, 0.1) is 6.42 Å². The Hall–Kier alpha value is -0.330. The van der Waals surface area contributed by atoms with E-state index in [0.29, 0.717) is 5.78 Å². The fraction of sp³-hybridized carbons (Fsp3) is 0.667. The maximum absolute atomic E-state index is 10.4. The van der Waals surface area contributed by atoms with E-state index >= 15 is 0 Å². The Morgan fingerprint density at radius 1 is 1.29 bits per heavy atom. The van der Waals surface area contributed by atoms with E-state index in [9.17, 15) is 4.79 Å². The summed E-state index contributed by atoms with van der Waals surface area (Å²) in [5, 5.41) is 0. The number of rotatable bonds is 0. The number of Topliss-reactive ketones (excluding diaryl/α,β-unsaturated/α-hetero) is 1. The third-order valence-corrected chi connectivity index (χ3v) is 1.16. The van der Waals surface area contributed by atoms with Gasteiger partial charge in [-0.3, -0.25) is 4.79 Å². The van der Waals surface area contributed by atoms with E-state index in [-0.39, 0.29) is 0 Å². The topological polar surface area (TPSA) is 17.1 Å². The molecule has 1 aliphatic carbocycles. The molecule has 0 unspecified atom stereocenters. The van der Waals surface area contributed by atoms with Crippen molar-refractivity contribution in [2.45, 2.75) is 25.7 Å². The summed E-state index contributed by atoms with van der Waals surface area (Å²) in [6.45, 7) is 0. The van der Waals surface area contributed by atoms with E-state index < -0.39 is 0 Å². The molecule has 0 aromatic carbocycles. The van der Waals surface area contributed by atoms with Gasteiger partial charge < -0.3 is 0 Å². The van der Waals surface area contributed by atoms with Gasteiger partial charge in [-0.25, -0.2) is 0 Å². The fourth-order valence-corrected chi connectivity index (χ4v) is 0.706. The molecule has 0 saturated heterocycles. The van der Waals surface area contributed by atoms with Crippen LogP contribution in [0.2, 0.25) is 0 Å². The summed E-state index contributed by atoms with van der Waals surface area (Å²) in [4.78, 5) is 10.4. The second-order valence-electron chi connectivity index (χ2n) is 1.79. The molecule has 0 N–H and O–H groups in total. The summed E-state index contributed by atoms with van der Waals surface area (Å²) in [7, 11) is 0. The maximum Gasteiger partial charge on any atom is 0.132 e. The van der Waals surface area contributed by atoms with E-state index in [2.05, 4.69) is 6.42 Å². The van der Waals surface area contributed by atoms with Gasteiger partial charge in [0.1, 0.15) is 5.78 Å². The number of hydrogen-bond donors (Lipinski definition) is 0. The van der Waals surface area contributed by atoms with Crippen molar-refractivity contribution in [1.82, 2.24) is 0 Å². The average Bonchev–Trinajstić information content (AvgIpc) is 1.69. The van der Waals surface area contributed by atoms with Crippen LogP contribution in [-0.4, -0.2) is 5.78 Å². The number of ketones is 1. The van der Waals surface area contributed by atoms with Crippen molar-refractivity contribution in [2.75, 3.05) is 0 Å². The molecular weight excluding hydrogens is 88.1 g/mol. The van der Waals surface area contributed by atoms with E-state index in [1.54, 1.807) is 0 Å². The van der Waals surface area contributed by atoms with Gasteiger partial charge in [0, 0.05) is 12.8 Å². The number of hydrogen-bond acceptors (Lipinski definition) is 1. The van der Waals surface area contributed by atoms with Gasteiger partial charge in [0.25, 0.3) is 0 Å². The summed E-state index contributed by atoms with van der Waals surface area (Å²) in [5.41, 5.74) is 0. The molecule has 0 aromatic rings. The third-order valence-electron chi connectivity index (χ3n) is 1.16. The molecule has 0 heterocycles. The van der Waals surface area contributed by atoms with Gasteiger partial charge >= 0.3 is 0 Å². The molecule has 38 valence electrons. The van der Waals surface area contributed by atoms with Crippen LogP contribution in [0.15, 0.2) is 0 Å². The van der Waals surface area contributed by atoms with Crippen molar-refractivity contribution >= 4 is 5.78 Å². The molecule has 1 nitrogen and oxygen atoms in total. The second-order valence-corrected chi connectivity index (χ2v) is 1.79. The first-order chi connectivity index (χ1) is 3.39. The van der Waals surface area contributed by atoms with Crippen molar-refractivity contribution < 1.29 is 4.79 Å². The van der Waals surface area contributed by atoms with E-state index in [0.717, 1.165) is 25.7 Å². The van der Waals surface area contributed by atoms with Gasteiger partial charge in [0.05, 0.1) is 0 Å². The van der Waals surface area contributed by atoms with Gasteiger partial charge in [0.2, 0.25) is 0 Å². The summed E-state index contributed by atoms with van der Waals surface area (Å²) < 4.78 is 0. The highest BCUT2D eigenvalue weighted by atomic mass is 16.1. The molecule has 1 saturated carbocycles. The minimum atomic E-state index is 0.402. The summed E-state index contributed by atoms with van der Waals surface area (Å²) in [5.74, 6) is 0.402. The van der Waals surface area contributed by atoms with E-state index in [4.69, 9.17) is 0 Å². The Bertz CT molecular complexity index is 68.2. The zero-order valence-electron chi connectivity index (χ0n) is 4.24. The average molecular weight is 96.1 g/mol. The van der Waals surface area contributed by atoms with Crippen molar-refractivity contribution in [3.05, 3.63) is 6.42 Å². The zero-order chi connectivity index (χ0) is 5.11. The van der Waals surface area contributed by atoms with Crippen molar-refractivity contribution in [3.8, 4) is 0 Å². The Morgan fingerprint density at radius 3 is 2.14 bits per heavy atom. The lowest BCUT2D eigenvalue weighted by atomic mass is 10.00. The van der Waals surface area contributed by atoms with Gasteiger partial charge in [0.15, 0.2) is 0 Å². The van der Waals surface area contributed by atoms with Crippen LogP contribution < -0.4 is 0 Å². The number of carbonyl (C=O) groups is 1. The smallest absolute Gasteiger partial charge is 0.132 e. The summed E-state index contributed by atoms with van der Waals surface area (Å²) in [6.07, 6.45) is 6.34. The zero-order valence-corrected chi connectivity index (χ0v) is 4.24. The molecule has 1 aliphatic rings. The standard InChI is InChI=1S/C6H8O/c7-6-4-2-1-3-5-6/h2-5H2. The van der Waals surface area contributed by atoms with Crippen LogP contribution in [0.3, 0.4) is 0 Å². The Balaban J connectivity index is 2.25. The molecule has 0 amide bonds. The van der Waals surface area contributed by atoms with Crippen LogP contribution >= 0.6 is 0 Å². The van der Waals surface area contributed by atoms with Gasteiger partial charge in [-0.2, -0.15) is 0 Å². The lowest BCUT2D eigenvalue weighted by molar-refractivity contribution is -0.119. The lowest BCUT2D eigenvalue weighted by Crippen LogP contribution is -2.02. The van der Waals surface area contributed by atoms with Crippen LogP contribution in [0.5, 0.6) is 0 Å². The van der Waals surface area contributed by atoms with Crippen molar-refractivity contribution in [3.63, 3.8) is 0 Å².